The molecule has 100 valence electrons. The smallest absolute Gasteiger partial charge is 0.260 e. The van der Waals surface area contributed by atoms with Crippen LogP contribution in [0.5, 0.6) is 5.75 Å². The van der Waals surface area contributed by atoms with Gasteiger partial charge in [0, 0.05) is 11.6 Å². The molecular formula is C12H15Cl2NO3. The molecular weight excluding hydrogens is 277 g/mol. The number of amides is 1. The average molecular weight is 292 g/mol. The Morgan fingerprint density at radius 3 is 2.67 bits per heavy atom. The molecule has 1 aromatic rings. The van der Waals surface area contributed by atoms with E-state index in [1.165, 1.54) is 0 Å². The molecule has 0 aliphatic carbocycles. The molecule has 0 heterocycles. The van der Waals surface area contributed by atoms with Gasteiger partial charge in [-0.2, -0.15) is 0 Å². The largest absolute Gasteiger partial charge is 0.479 e. The fourth-order valence-electron chi connectivity index (χ4n) is 1.21. The summed E-state index contributed by atoms with van der Waals surface area (Å²) in [7, 11) is 0. The summed E-state index contributed by atoms with van der Waals surface area (Å²) < 4.78 is 5.41. The first-order valence-corrected chi connectivity index (χ1v) is 6.23. The Kier molecular flexibility index (Phi) is 5.72. The highest BCUT2D eigenvalue weighted by Crippen LogP contribution is 2.28. The van der Waals surface area contributed by atoms with E-state index in [2.05, 4.69) is 5.32 Å². The number of aliphatic hydroxyl groups excluding tert-OH is 1. The van der Waals surface area contributed by atoms with Crippen molar-refractivity contribution in [2.45, 2.75) is 26.1 Å². The highest BCUT2D eigenvalue weighted by atomic mass is 35.5. The van der Waals surface area contributed by atoms with Crippen LogP contribution in [0.2, 0.25) is 10.0 Å². The third-order valence-electron chi connectivity index (χ3n) is 2.14. The maximum Gasteiger partial charge on any atom is 0.260 e. The molecule has 18 heavy (non-hydrogen) atoms. The van der Waals surface area contributed by atoms with E-state index in [0.29, 0.717) is 15.8 Å². The molecule has 0 aliphatic rings. The first-order valence-electron chi connectivity index (χ1n) is 5.47. The van der Waals surface area contributed by atoms with Crippen LogP contribution in [0.25, 0.3) is 0 Å². The highest BCUT2D eigenvalue weighted by molar-refractivity contribution is 6.35. The van der Waals surface area contributed by atoms with Crippen LogP contribution in [0.3, 0.4) is 0 Å². The van der Waals surface area contributed by atoms with Crippen LogP contribution in [-0.2, 0) is 4.79 Å². The number of hydrogen-bond donors (Lipinski definition) is 2. The van der Waals surface area contributed by atoms with Crippen molar-refractivity contribution in [3.63, 3.8) is 0 Å². The van der Waals surface area contributed by atoms with E-state index in [-0.39, 0.29) is 12.5 Å². The number of ether oxygens (including phenoxy) is 1. The minimum absolute atomic E-state index is 0.181. The highest BCUT2D eigenvalue weighted by Gasteiger charge is 2.16. The fourth-order valence-corrected chi connectivity index (χ4v) is 1.66. The molecule has 4 nitrogen and oxygen atoms in total. The molecule has 1 aromatic carbocycles. The minimum Gasteiger partial charge on any atom is -0.479 e. The second-order valence-corrected chi connectivity index (χ2v) is 4.77. The third kappa shape index (κ3) is 4.72. The lowest BCUT2D eigenvalue weighted by atomic mass is 10.3. The van der Waals surface area contributed by atoms with Gasteiger partial charge in [0.25, 0.3) is 5.91 Å². The van der Waals surface area contributed by atoms with Gasteiger partial charge in [0.1, 0.15) is 5.75 Å². The summed E-state index contributed by atoms with van der Waals surface area (Å²) in [6.07, 6.45) is -1.30. The summed E-state index contributed by atoms with van der Waals surface area (Å²) in [5.74, 6) is 0.0719. The SMILES string of the molecule is CC(Oc1ccc(Cl)cc1Cl)C(=O)NC[C@@H](C)O. The van der Waals surface area contributed by atoms with Crippen LogP contribution in [0.15, 0.2) is 18.2 Å². The molecule has 2 atom stereocenters. The molecule has 0 aliphatic heterocycles. The summed E-state index contributed by atoms with van der Waals surface area (Å²) in [5, 5.41) is 12.4. The van der Waals surface area contributed by atoms with Crippen LogP contribution in [-0.4, -0.2) is 29.8 Å². The summed E-state index contributed by atoms with van der Waals surface area (Å²) in [6, 6.07) is 4.77. The number of carbonyl (C=O) groups is 1. The maximum absolute atomic E-state index is 11.6. The lowest BCUT2D eigenvalue weighted by Gasteiger charge is -2.16. The number of hydrogen-bond acceptors (Lipinski definition) is 3. The van der Waals surface area contributed by atoms with Crippen LogP contribution in [0.1, 0.15) is 13.8 Å². The molecule has 1 unspecified atom stereocenters. The van der Waals surface area contributed by atoms with Crippen molar-refractivity contribution >= 4 is 29.1 Å². The lowest BCUT2D eigenvalue weighted by Crippen LogP contribution is -2.39. The molecule has 0 saturated heterocycles. The second-order valence-electron chi connectivity index (χ2n) is 3.93. The van der Waals surface area contributed by atoms with E-state index in [4.69, 9.17) is 33.0 Å². The van der Waals surface area contributed by atoms with Crippen molar-refractivity contribution in [2.75, 3.05) is 6.54 Å². The normalized spacial score (nSPS) is 13.8. The van der Waals surface area contributed by atoms with Crippen molar-refractivity contribution < 1.29 is 14.6 Å². The van der Waals surface area contributed by atoms with Crippen molar-refractivity contribution in [1.82, 2.24) is 5.32 Å². The maximum atomic E-state index is 11.6. The number of rotatable bonds is 5. The first kappa shape index (κ1) is 15.1. The number of aliphatic hydroxyl groups is 1. The molecule has 2 N–H and O–H groups in total. The van der Waals surface area contributed by atoms with Gasteiger partial charge >= 0.3 is 0 Å². The average Bonchev–Trinajstić information content (AvgIpc) is 2.29. The zero-order valence-corrected chi connectivity index (χ0v) is 11.6. The molecule has 0 bridgehead atoms. The van der Waals surface area contributed by atoms with Crippen molar-refractivity contribution in [2.24, 2.45) is 0 Å². The summed E-state index contributed by atoms with van der Waals surface area (Å²) in [4.78, 5) is 11.6. The standard InChI is InChI=1S/C12H15Cl2NO3/c1-7(16)6-15-12(17)8(2)18-11-4-3-9(13)5-10(11)14/h3-5,7-8,16H,6H2,1-2H3,(H,15,17)/t7-,8?/m1/s1. The van der Waals surface area contributed by atoms with E-state index >= 15 is 0 Å². The van der Waals surface area contributed by atoms with Gasteiger partial charge < -0.3 is 15.2 Å². The third-order valence-corrected chi connectivity index (χ3v) is 2.67. The fraction of sp³-hybridized carbons (Fsp3) is 0.417. The number of nitrogens with one attached hydrogen (secondary N) is 1. The van der Waals surface area contributed by atoms with Gasteiger partial charge in [-0.05, 0) is 32.0 Å². The topological polar surface area (TPSA) is 58.6 Å². The Morgan fingerprint density at radius 2 is 2.11 bits per heavy atom. The van der Waals surface area contributed by atoms with Gasteiger partial charge in [0.05, 0.1) is 11.1 Å². The minimum atomic E-state index is -0.706. The number of halogens is 2. The second kappa shape index (κ2) is 6.83. The van der Waals surface area contributed by atoms with Crippen molar-refractivity contribution in [3.05, 3.63) is 28.2 Å². The van der Waals surface area contributed by atoms with E-state index in [0.717, 1.165) is 0 Å². The molecule has 6 heteroatoms. The molecule has 1 amide bonds. The van der Waals surface area contributed by atoms with Gasteiger partial charge in [0.15, 0.2) is 6.10 Å². The molecule has 0 radical (unpaired) electrons. The van der Waals surface area contributed by atoms with Gasteiger partial charge in [-0.25, -0.2) is 0 Å². The number of carbonyl (C=O) groups excluding carboxylic acids is 1. The van der Waals surface area contributed by atoms with Crippen molar-refractivity contribution in [3.8, 4) is 5.75 Å². The Balaban J connectivity index is 2.58. The van der Waals surface area contributed by atoms with Gasteiger partial charge in [-0.3, -0.25) is 4.79 Å². The van der Waals surface area contributed by atoms with Gasteiger partial charge in [0.2, 0.25) is 0 Å². The van der Waals surface area contributed by atoms with E-state index in [1.807, 2.05) is 0 Å². The Hall–Kier alpha value is -0.970. The quantitative estimate of drug-likeness (QED) is 0.875. The van der Waals surface area contributed by atoms with Crippen LogP contribution in [0.4, 0.5) is 0 Å². The Morgan fingerprint density at radius 1 is 1.44 bits per heavy atom. The predicted octanol–water partition coefficient (Wildman–Crippen LogP) is 2.26. The van der Waals surface area contributed by atoms with Gasteiger partial charge in [-0.1, -0.05) is 23.2 Å². The summed E-state index contributed by atoms with van der Waals surface area (Å²) in [5.41, 5.74) is 0. The summed E-state index contributed by atoms with van der Waals surface area (Å²) >= 11 is 11.7. The molecule has 1 rings (SSSR count). The van der Waals surface area contributed by atoms with Gasteiger partial charge in [-0.15, -0.1) is 0 Å². The predicted molar refractivity (Wildman–Crippen MR) is 71.2 cm³/mol. The van der Waals surface area contributed by atoms with Crippen molar-refractivity contribution in [1.29, 1.82) is 0 Å². The Labute approximate surface area is 116 Å². The first-order chi connectivity index (χ1) is 8.40. The van der Waals surface area contributed by atoms with E-state index < -0.39 is 12.2 Å². The van der Waals surface area contributed by atoms with E-state index in [1.54, 1.807) is 32.0 Å². The zero-order chi connectivity index (χ0) is 13.7. The summed E-state index contributed by atoms with van der Waals surface area (Å²) in [6.45, 7) is 3.37. The molecule has 0 fully saturated rings. The van der Waals surface area contributed by atoms with Crippen LogP contribution in [0, 0.1) is 0 Å². The zero-order valence-electron chi connectivity index (χ0n) is 10.1. The Bertz CT molecular complexity index is 424. The van der Waals surface area contributed by atoms with Crippen LogP contribution >= 0.6 is 23.2 Å². The number of benzene rings is 1. The molecule has 0 spiro atoms. The monoisotopic (exact) mass is 291 g/mol. The molecule has 0 saturated carbocycles. The van der Waals surface area contributed by atoms with Crippen LogP contribution < -0.4 is 10.1 Å². The van der Waals surface area contributed by atoms with E-state index in [9.17, 15) is 4.79 Å². The lowest BCUT2D eigenvalue weighted by molar-refractivity contribution is -0.127. The molecule has 0 aromatic heterocycles.